The van der Waals surface area contributed by atoms with Crippen LogP contribution in [0.25, 0.3) is 0 Å². The third-order valence-electron chi connectivity index (χ3n) is 3.97. The number of nitrogens with zero attached hydrogens (tertiary/aromatic N) is 1. The van der Waals surface area contributed by atoms with Gasteiger partial charge in [0.15, 0.2) is 0 Å². The van der Waals surface area contributed by atoms with E-state index < -0.39 is 0 Å². The summed E-state index contributed by atoms with van der Waals surface area (Å²) in [4.78, 5) is 5.70. The molecule has 96 valence electrons. The number of hydrogen-bond donors (Lipinski definition) is 1. The molecule has 1 heterocycles. The molecule has 1 aromatic rings. The Balaban J connectivity index is 1.82. The first-order chi connectivity index (χ1) is 8.07. The lowest BCUT2D eigenvalue weighted by atomic mass is 9.85. The topological polar surface area (TPSA) is 24.9 Å². The van der Waals surface area contributed by atoms with Crippen LogP contribution in [0, 0.1) is 12.3 Å². The first kappa shape index (κ1) is 13.0. The van der Waals surface area contributed by atoms with Crippen molar-refractivity contribution in [2.75, 3.05) is 0 Å². The lowest BCUT2D eigenvalue weighted by molar-refractivity contribution is 0.309. The maximum absolute atomic E-state index is 4.30. The summed E-state index contributed by atoms with van der Waals surface area (Å²) in [6.45, 7) is 7.91. The second kappa shape index (κ2) is 5.49. The maximum atomic E-state index is 4.30. The summed E-state index contributed by atoms with van der Waals surface area (Å²) in [5.74, 6) is 0. The molecule has 1 atom stereocenters. The van der Waals surface area contributed by atoms with E-state index >= 15 is 0 Å². The fourth-order valence-electron chi connectivity index (χ4n) is 2.60. The Morgan fingerprint density at radius 3 is 2.94 bits per heavy atom. The zero-order chi connectivity index (χ0) is 12.3. The highest BCUT2D eigenvalue weighted by molar-refractivity contribution is 7.09. The largest absolute Gasteiger partial charge is 0.309 e. The van der Waals surface area contributed by atoms with Crippen molar-refractivity contribution in [1.29, 1.82) is 0 Å². The summed E-state index contributed by atoms with van der Waals surface area (Å²) in [6.07, 6.45) is 6.76. The normalized spacial score (nSPS) is 24.5. The Morgan fingerprint density at radius 2 is 2.24 bits per heavy atom. The Hall–Kier alpha value is -0.410. The minimum Gasteiger partial charge on any atom is -0.309 e. The van der Waals surface area contributed by atoms with Gasteiger partial charge in [0.1, 0.15) is 0 Å². The van der Waals surface area contributed by atoms with Crippen LogP contribution in [0.5, 0.6) is 0 Å². The predicted octanol–water partition coefficient (Wildman–Crippen LogP) is 3.90. The van der Waals surface area contributed by atoms with E-state index in [1.807, 2.05) is 5.51 Å². The summed E-state index contributed by atoms with van der Waals surface area (Å²) >= 11 is 1.77. The first-order valence-corrected chi connectivity index (χ1v) is 7.57. The van der Waals surface area contributed by atoms with Crippen molar-refractivity contribution < 1.29 is 0 Å². The number of nitrogens with one attached hydrogen (secondary N) is 1. The van der Waals surface area contributed by atoms with E-state index in [1.54, 1.807) is 11.3 Å². The average Bonchev–Trinajstić information content (AvgIpc) is 2.58. The summed E-state index contributed by atoms with van der Waals surface area (Å²) in [6, 6.07) is 0.707. The van der Waals surface area contributed by atoms with E-state index in [4.69, 9.17) is 0 Å². The molecule has 0 aliphatic heterocycles. The molecule has 1 N–H and O–H groups in total. The predicted molar refractivity (Wildman–Crippen MR) is 74.3 cm³/mol. The molecule has 0 amide bonds. The van der Waals surface area contributed by atoms with Crippen LogP contribution in [-0.2, 0) is 6.54 Å². The van der Waals surface area contributed by atoms with Crippen molar-refractivity contribution in [2.24, 2.45) is 5.41 Å². The van der Waals surface area contributed by atoms with Gasteiger partial charge in [-0.1, -0.05) is 20.3 Å². The molecular formula is C14H24N2S. The summed E-state index contributed by atoms with van der Waals surface area (Å²) < 4.78 is 0. The second-order valence-electron chi connectivity index (χ2n) is 6.03. The first-order valence-electron chi connectivity index (χ1n) is 6.69. The van der Waals surface area contributed by atoms with Gasteiger partial charge in [-0.2, -0.15) is 0 Å². The van der Waals surface area contributed by atoms with Gasteiger partial charge in [-0.3, -0.25) is 0 Å². The van der Waals surface area contributed by atoms with Gasteiger partial charge in [0.25, 0.3) is 0 Å². The third-order valence-corrected chi connectivity index (χ3v) is 4.91. The molecule has 3 heteroatoms. The molecule has 0 bridgehead atoms. The Bertz CT molecular complexity index is 357. The van der Waals surface area contributed by atoms with Gasteiger partial charge in [0.2, 0.25) is 0 Å². The number of thiazole rings is 1. The van der Waals surface area contributed by atoms with E-state index in [1.165, 1.54) is 42.7 Å². The number of aromatic nitrogens is 1. The van der Waals surface area contributed by atoms with Gasteiger partial charge in [0.05, 0.1) is 11.2 Å². The molecule has 0 radical (unpaired) electrons. The van der Waals surface area contributed by atoms with Gasteiger partial charge in [-0.25, -0.2) is 4.98 Å². The van der Waals surface area contributed by atoms with Crippen LogP contribution >= 0.6 is 11.3 Å². The van der Waals surface area contributed by atoms with Crippen molar-refractivity contribution in [2.45, 2.75) is 65.5 Å². The van der Waals surface area contributed by atoms with Crippen molar-refractivity contribution in [3.63, 3.8) is 0 Å². The van der Waals surface area contributed by atoms with Crippen molar-refractivity contribution in [1.82, 2.24) is 10.3 Å². The molecule has 2 nitrogen and oxygen atoms in total. The SMILES string of the molecule is Cc1ncsc1CNC1CCCC(C)(C)CC1. The fourth-order valence-corrected chi connectivity index (χ4v) is 3.33. The number of aryl methyl sites for hydroxylation is 1. The highest BCUT2D eigenvalue weighted by Gasteiger charge is 2.24. The zero-order valence-corrected chi connectivity index (χ0v) is 12.1. The van der Waals surface area contributed by atoms with E-state index in [0.717, 1.165) is 6.54 Å². The van der Waals surface area contributed by atoms with Gasteiger partial charge in [-0.05, 0) is 38.0 Å². The molecule has 0 saturated heterocycles. The highest BCUT2D eigenvalue weighted by atomic mass is 32.1. The van der Waals surface area contributed by atoms with Gasteiger partial charge in [0, 0.05) is 17.5 Å². The third kappa shape index (κ3) is 3.78. The smallest absolute Gasteiger partial charge is 0.0798 e. The van der Waals surface area contributed by atoms with Crippen LogP contribution in [-0.4, -0.2) is 11.0 Å². The van der Waals surface area contributed by atoms with Gasteiger partial charge >= 0.3 is 0 Å². The van der Waals surface area contributed by atoms with Crippen LogP contribution in [0.2, 0.25) is 0 Å². The average molecular weight is 252 g/mol. The molecule has 0 spiro atoms. The number of hydrogen-bond acceptors (Lipinski definition) is 3. The molecule has 1 fully saturated rings. The Kier molecular flexibility index (Phi) is 4.21. The zero-order valence-electron chi connectivity index (χ0n) is 11.3. The molecule has 0 aromatic carbocycles. The van der Waals surface area contributed by atoms with Crippen molar-refractivity contribution >= 4 is 11.3 Å². The maximum Gasteiger partial charge on any atom is 0.0798 e. The molecule has 1 unspecified atom stereocenters. The van der Waals surface area contributed by atoms with E-state index in [9.17, 15) is 0 Å². The Labute approximate surface area is 109 Å². The fraction of sp³-hybridized carbons (Fsp3) is 0.786. The Morgan fingerprint density at radius 1 is 1.41 bits per heavy atom. The van der Waals surface area contributed by atoms with Gasteiger partial charge < -0.3 is 5.32 Å². The summed E-state index contributed by atoms with van der Waals surface area (Å²) in [5, 5.41) is 3.71. The molecular weight excluding hydrogens is 228 g/mol. The molecule has 1 aromatic heterocycles. The number of rotatable bonds is 3. The van der Waals surface area contributed by atoms with Crippen LogP contribution < -0.4 is 5.32 Å². The van der Waals surface area contributed by atoms with Crippen molar-refractivity contribution in [3.8, 4) is 0 Å². The van der Waals surface area contributed by atoms with Crippen LogP contribution in [0.15, 0.2) is 5.51 Å². The van der Waals surface area contributed by atoms with E-state index in [0.29, 0.717) is 11.5 Å². The summed E-state index contributed by atoms with van der Waals surface area (Å²) in [5.41, 5.74) is 3.69. The van der Waals surface area contributed by atoms with Crippen molar-refractivity contribution in [3.05, 3.63) is 16.1 Å². The van der Waals surface area contributed by atoms with E-state index in [-0.39, 0.29) is 0 Å². The van der Waals surface area contributed by atoms with Crippen LogP contribution in [0.4, 0.5) is 0 Å². The minimum absolute atomic E-state index is 0.552. The summed E-state index contributed by atoms with van der Waals surface area (Å²) in [7, 11) is 0. The lowest BCUT2D eigenvalue weighted by Crippen LogP contribution is -2.28. The molecule has 17 heavy (non-hydrogen) atoms. The quantitative estimate of drug-likeness (QED) is 0.825. The second-order valence-corrected chi connectivity index (χ2v) is 6.97. The highest BCUT2D eigenvalue weighted by Crippen LogP contribution is 2.33. The minimum atomic E-state index is 0.552. The van der Waals surface area contributed by atoms with Crippen LogP contribution in [0.1, 0.15) is 56.5 Å². The van der Waals surface area contributed by atoms with Crippen LogP contribution in [0.3, 0.4) is 0 Å². The molecule has 2 rings (SSSR count). The molecule has 1 aliphatic rings. The van der Waals surface area contributed by atoms with Gasteiger partial charge in [-0.15, -0.1) is 11.3 Å². The van der Waals surface area contributed by atoms with E-state index in [2.05, 4.69) is 31.1 Å². The monoisotopic (exact) mass is 252 g/mol. The lowest BCUT2D eigenvalue weighted by Gasteiger charge is -2.22. The standard InChI is InChI=1S/C14H24N2S/c1-11-13(17-10-16-11)9-15-12-5-4-7-14(2,3)8-6-12/h10,12,15H,4-9H2,1-3H3. The molecule has 1 aliphatic carbocycles. The molecule has 1 saturated carbocycles.